The lowest BCUT2D eigenvalue weighted by atomic mass is 10.1. The van der Waals surface area contributed by atoms with Crippen LogP contribution in [0.15, 0.2) is 52.4 Å². The van der Waals surface area contributed by atoms with E-state index in [1.165, 1.54) is 35.6 Å². The molecule has 2 heterocycles. The Bertz CT molecular complexity index is 1290. The fraction of sp³-hybridized carbons (Fsp3) is 0.364. The molecule has 1 aromatic heterocycles. The number of aromatic nitrogens is 1. The fourth-order valence-corrected chi connectivity index (χ4v) is 6.66. The number of hydrogen-bond donors (Lipinski definition) is 0. The molecule has 0 spiro atoms. The molecule has 3 aromatic rings. The monoisotopic (exact) mass is 459 g/mol. The Balaban J connectivity index is 1.64. The summed E-state index contributed by atoms with van der Waals surface area (Å²) in [4.78, 5) is 17.8. The average molecular weight is 460 g/mol. The molecular formula is C22H25N3O4S2. The lowest BCUT2D eigenvalue weighted by Gasteiger charge is -2.32. The summed E-state index contributed by atoms with van der Waals surface area (Å²) in [6, 6.07) is 11.7. The van der Waals surface area contributed by atoms with E-state index in [0.717, 1.165) is 29.5 Å². The quantitative estimate of drug-likeness (QED) is 0.598. The van der Waals surface area contributed by atoms with Crippen LogP contribution in [-0.4, -0.2) is 42.9 Å². The number of para-hydroxylation sites is 1. The Labute approximate surface area is 185 Å². The molecule has 1 amide bonds. The summed E-state index contributed by atoms with van der Waals surface area (Å²) in [6.07, 6.45) is 2.78. The molecule has 0 saturated carbocycles. The van der Waals surface area contributed by atoms with Gasteiger partial charge in [0.25, 0.3) is 5.91 Å². The van der Waals surface area contributed by atoms with Gasteiger partial charge in [0, 0.05) is 25.2 Å². The zero-order chi connectivity index (χ0) is 22.2. The van der Waals surface area contributed by atoms with Crippen molar-refractivity contribution in [2.45, 2.75) is 37.1 Å². The molecule has 7 nitrogen and oxygen atoms in total. The van der Waals surface area contributed by atoms with E-state index in [4.69, 9.17) is 4.74 Å². The number of aryl methyl sites for hydroxylation is 1. The number of thiazole rings is 1. The summed E-state index contributed by atoms with van der Waals surface area (Å²) in [5.74, 6) is 0.295. The summed E-state index contributed by atoms with van der Waals surface area (Å²) in [6.45, 7) is 2.47. The molecule has 4 rings (SSSR count). The molecular weight excluding hydrogens is 434 g/mol. The second-order valence-corrected chi connectivity index (χ2v) is 10.6. The van der Waals surface area contributed by atoms with E-state index in [2.05, 4.69) is 4.99 Å². The van der Waals surface area contributed by atoms with Gasteiger partial charge in [0.1, 0.15) is 11.3 Å². The molecule has 31 heavy (non-hydrogen) atoms. The van der Waals surface area contributed by atoms with Gasteiger partial charge in [-0.15, -0.1) is 0 Å². The second-order valence-electron chi connectivity index (χ2n) is 7.65. The lowest BCUT2D eigenvalue weighted by molar-refractivity contribution is 0.0998. The van der Waals surface area contributed by atoms with Crippen LogP contribution < -0.4 is 9.54 Å². The molecule has 0 aliphatic carbocycles. The molecule has 0 bridgehead atoms. The number of hydrogen-bond acceptors (Lipinski definition) is 5. The number of methoxy groups -OCH3 is 1. The van der Waals surface area contributed by atoms with Crippen molar-refractivity contribution < 1.29 is 17.9 Å². The molecule has 0 unspecified atom stereocenters. The maximum absolute atomic E-state index is 13.0. The number of nitrogens with zero attached hydrogens (tertiary/aromatic N) is 3. The number of piperidine rings is 1. The molecule has 1 fully saturated rings. The first-order valence-electron chi connectivity index (χ1n) is 10.2. The van der Waals surface area contributed by atoms with E-state index in [0.29, 0.717) is 22.7 Å². The average Bonchev–Trinajstić information content (AvgIpc) is 3.09. The molecule has 1 saturated heterocycles. The van der Waals surface area contributed by atoms with Crippen molar-refractivity contribution in [3.05, 3.63) is 52.8 Å². The van der Waals surface area contributed by atoms with Crippen molar-refractivity contribution >= 4 is 37.5 Å². The van der Waals surface area contributed by atoms with Crippen molar-refractivity contribution in [3.63, 3.8) is 0 Å². The van der Waals surface area contributed by atoms with Gasteiger partial charge in [0.2, 0.25) is 10.0 Å². The summed E-state index contributed by atoms with van der Waals surface area (Å²) >= 11 is 1.40. The SMILES string of the molecule is COc1cccc2sc(=NC(=O)c3ccc(S(=O)(=O)N4CCCC[C@H]4C)cc3)n(C)c12. The number of amides is 1. The lowest BCUT2D eigenvalue weighted by Crippen LogP contribution is -2.41. The number of carbonyl (C=O) groups excluding carboxylic acids is 1. The van der Waals surface area contributed by atoms with E-state index in [1.807, 2.05) is 36.7 Å². The van der Waals surface area contributed by atoms with Crippen molar-refractivity contribution in [2.75, 3.05) is 13.7 Å². The molecule has 1 aliphatic rings. The number of benzene rings is 2. The van der Waals surface area contributed by atoms with E-state index in [-0.39, 0.29) is 10.9 Å². The zero-order valence-electron chi connectivity index (χ0n) is 17.7. The summed E-state index contributed by atoms with van der Waals surface area (Å²) in [7, 11) is -0.127. The number of sulfonamides is 1. The third-order valence-electron chi connectivity index (χ3n) is 5.65. The number of fused-ring (bicyclic) bond motifs is 1. The van der Waals surface area contributed by atoms with Crippen molar-refractivity contribution in [2.24, 2.45) is 12.0 Å². The first kappa shape index (κ1) is 21.7. The van der Waals surface area contributed by atoms with Gasteiger partial charge < -0.3 is 9.30 Å². The predicted molar refractivity (Wildman–Crippen MR) is 121 cm³/mol. The Morgan fingerprint density at radius 3 is 2.58 bits per heavy atom. The second kappa shape index (κ2) is 8.57. The normalized spacial score (nSPS) is 18.4. The number of carbonyl (C=O) groups is 1. The van der Waals surface area contributed by atoms with Crippen LogP contribution in [0.25, 0.3) is 10.2 Å². The summed E-state index contributed by atoms with van der Waals surface area (Å²) in [5, 5.41) is 0. The van der Waals surface area contributed by atoms with Gasteiger partial charge in [0.15, 0.2) is 4.80 Å². The first-order valence-corrected chi connectivity index (χ1v) is 12.4. The third-order valence-corrected chi connectivity index (χ3v) is 8.78. The highest BCUT2D eigenvalue weighted by atomic mass is 32.2. The van der Waals surface area contributed by atoms with Gasteiger partial charge in [0.05, 0.1) is 16.7 Å². The minimum atomic E-state index is -3.57. The van der Waals surface area contributed by atoms with Gasteiger partial charge >= 0.3 is 0 Å². The van der Waals surface area contributed by atoms with Gasteiger partial charge in [-0.2, -0.15) is 9.30 Å². The summed E-state index contributed by atoms with van der Waals surface area (Å²) < 4.78 is 35.7. The maximum atomic E-state index is 13.0. The summed E-state index contributed by atoms with van der Waals surface area (Å²) in [5.41, 5.74) is 1.22. The maximum Gasteiger partial charge on any atom is 0.279 e. The van der Waals surface area contributed by atoms with Gasteiger partial charge in [-0.05, 0) is 56.2 Å². The van der Waals surface area contributed by atoms with Gasteiger partial charge in [-0.1, -0.05) is 23.8 Å². The molecule has 9 heteroatoms. The number of rotatable bonds is 4. The van der Waals surface area contributed by atoms with Crippen LogP contribution in [0.2, 0.25) is 0 Å². The van der Waals surface area contributed by atoms with Crippen LogP contribution in [0.3, 0.4) is 0 Å². The van der Waals surface area contributed by atoms with Crippen LogP contribution in [-0.2, 0) is 17.1 Å². The Kier molecular flexibility index (Phi) is 6.00. The molecule has 164 valence electrons. The predicted octanol–water partition coefficient (Wildman–Crippen LogP) is 3.55. The largest absolute Gasteiger partial charge is 0.495 e. The van der Waals surface area contributed by atoms with Crippen LogP contribution in [0.4, 0.5) is 0 Å². The fourth-order valence-electron chi connectivity index (χ4n) is 3.93. The molecule has 1 atom stereocenters. The smallest absolute Gasteiger partial charge is 0.279 e. The minimum Gasteiger partial charge on any atom is -0.495 e. The van der Waals surface area contributed by atoms with E-state index in [1.54, 1.807) is 11.4 Å². The molecule has 2 aromatic carbocycles. The Morgan fingerprint density at radius 1 is 1.16 bits per heavy atom. The highest BCUT2D eigenvalue weighted by Gasteiger charge is 2.30. The third kappa shape index (κ3) is 4.05. The van der Waals surface area contributed by atoms with Crippen molar-refractivity contribution in [1.29, 1.82) is 0 Å². The van der Waals surface area contributed by atoms with Gasteiger partial charge in [-0.25, -0.2) is 8.42 Å². The van der Waals surface area contributed by atoms with Crippen LogP contribution in [0.5, 0.6) is 5.75 Å². The van der Waals surface area contributed by atoms with E-state index >= 15 is 0 Å². The van der Waals surface area contributed by atoms with Crippen LogP contribution in [0.1, 0.15) is 36.5 Å². The molecule has 1 aliphatic heterocycles. The highest BCUT2D eigenvalue weighted by Crippen LogP contribution is 2.27. The van der Waals surface area contributed by atoms with Crippen molar-refractivity contribution in [1.82, 2.24) is 8.87 Å². The Hall–Kier alpha value is -2.49. The molecule has 0 N–H and O–H groups in total. The first-order chi connectivity index (χ1) is 14.8. The topological polar surface area (TPSA) is 81.0 Å². The highest BCUT2D eigenvalue weighted by molar-refractivity contribution is 7.89. The standard InChI is InChI=1S/C22H25N3O4S2/c1-15-7-4-5-14-25(15)31(27,28)17-12-10-16(11-13-17)21(26)23-22-24(2)20-18(29-3)8-6-9-19(20)30-22/h6,8-13,15H,4-5,7,14H2,1-3H3/t15-/m1/s1. The van der Waals surface area contributed by atoms with Gasteiger partial charge in [-0.3, -0.25) is 4.79 Å². The Morgan fingerprint density at radius 2 is 1.90 bits per heavy atom. The number of ether oxygens (including phenoxy) is 1. The minimum absolute atomic E-state index is 0.0139. The van der Waals surface area contributed by atoms with E-state index in [9.17, 15) is 13.2 Å². The zero-order valence-corrected chi connectivity index (χ0v) is 19.4. The van der Waals surface area contributed by atoms with Crippen LogP contribution >= 0.6 is 11.3 Å². The van der Waals surface area contributed by atoms with Crippen LogP contribution in [0, 0.1) is 0 Å². The van der Waals surface area contributed by atoms with E-state index < -0.39 is 15.9 Å². The molecule has 0 radical (unpaired) electrons. The van der Waals surface area contributed by atoms with Crippen molar-refractivity contribution in [3.8, 4) is 5.75 Å².